The molecule has 0 amide bonds. The van der Waals surface area contributed by atoms with Gasteiger partial charge in [0.25, 0.3) is 0 Å². The first-order valence-electron chi connectivity index (χ1n) is 2.27. The Morgan fingerprint density at radius 1 is 1.75 bits per heavy atom. The van der Waals surface area contributed by atoms with E-state index in [1.54, 1.807) is 4.68 Å². The first-order valence-corrected chi connectivity index (χ1v) is 2.68. The fraction of sp³-hybridized carbons (Fsp3) is 0.667. The molecule has 0 spiro atoms. The molecule has 0 aliphatic carbocycles. The van der Waals surface area contributed by atoms with Crippen LogP contribution in [0.1, 0.15) is 6.92 Å². The van der Waals surface area contributed by atoms with Gasteiger partial charge in [-0.05, 0) is 17.4 Å². The molecule has 0 saturated carbocycles. The van der Waals surface area contributed by atoms with Gasteiger partial charge >= 0.3 is 0 Å². The zero-order valence-corrected chi connectivity index (χ0v) is 5.22. The van der Waals surface area contributed by atoms with Crippen LogP contribution in [0.4, 0.5) is 0 Å². The Morgan fingerprint density at radius 2 is 2.50 bits per heavy atom. The molecular weight excluding hydrogens is 124 g/mol. The highest BCUT2D eigenvalue weighted by Gasteiger charge is 1.85. The molecular formula is C3H5N4S-. The molecule has 0 bridgehead atoms. The van der Waals surface area contributed by atoms with Crippen molar-refractivity contribution in [2.24, 2.45) is 0 Å². The van der Waals surface area contributed by atoms with Crippen molar-refractivity contribution in [2.45, 2.75) is 18.6 Å². The first-order chi connectivity index (χ1) is 3.84. The monoisotopic (exact) mass is 129 g/mol. The Morgan fingerprint density at radius 3 is 2.75 bits per heavy atom. The van der Waals surface area contributed by atoms with E-state index in [1.807, 2.05) is 6.92 Å². The van der Waals surface area contributed by atoms with E-state index in [0.717, 1.165) is 6.54 Å². The lowest BCUT2D eigenvalue weighted by molar-refractivity contribution is 0.582. The van der Waals surface area contributed by atoms with E-state index in [1.165, 1.54) is 0 Å². The van der Waals surface area contributed by atoms with Crippen molar-refractivity contribution in [3.63, 3.8) is 0 Å². The summed E-state index contributed by atoms with van der Waals surface area (Å²) in [6.45, 7) is 2.68. The lowest BCUT2D eigenvalue weighted by Crippen LogP contribution is -1.97. The van der Waals surface area contributed by atoms with Crippen LogP contribution in [0.25, 0.3) is 0 Å². The van der Waals surface area contributed by atoms with Crippen LogP contribution < -0.4 is 0 Å². The molecule has 44 valence electrons. The number of hydrogen-bond acceptors (Lipinski definition) is 4. The van der Waals surface area contributed by atoms with Gasteiger partial charge < -0.3 is 12.6 Å². The van der Waals surface area contributed by atoms with Crippen molar-refractivity contribution in [2.75, 3.05) is 0 Å². The number of nitrogens with zero attached hydrogens (tertiary/aromatic N) is 4. The molecule has 0 aliphatic rings. The summed E-state index contributed by atoms with van der Waals surface area (Å²) in [4.78, 5) is 0. The van der Waals surface area contributed by atoms with E-state index in [2.05, 4.69) is 15.5 Å². The fourth-order valence-electron chi connectivity index (χ4n) is 0.395. The predicted molar refractivity (Wildman–Crippen MR) is 29.1 cm³/mol. The maximum atomic E-state index is 4.71. The van der Waals surface area contributed by atoms with Crippen LogP contribution in [0, 0.1) is 0 Å². The van der Waals surface area contributed by atoms with Crippen molar-refractivity contribution in [1.82, 2.24) is 20.2 Å². The molecule has 5 heteroatoms. The first kappa shape index (κ1) is 5.43. The smallest absolute Gasteiger partial charge is 0.0399 e. The van der Waals surface area contributed by atoms with E-state index < -0.39 is 0 Å². The summed E-state index contributed by atoms with van der Waals surface area (Å²) < 4.78 is 1.55. The van der Waals surface area contributed by atoms with Crippen molar-refractivity contribution >= 4 is 12.6 Å². The molecule has 4 nitrogen and oxygen atoms in total. The van der Waals surface area contributed by atoms with E-state index in [0.29, 0.717) is 5.16 Å². The van der Waals surface area contributed by atoms with Crippen LogP contribution in [-0.4, -0.2) is 20.2 Å². The molecule has 0 radical (unpaired) electrons. The molecule has 1 aromatic heterocycles. The van der Waals surface area contributed by atoms with Gasteiger partial charge in [-0.2, -0.15) is 0 Å². The lowest BCUT2D eigenvalue weighted by Gasteiger charge is -2.00. The Labute approximate surface area is 52.3 Å². The molecule has 0 atom stereocenters. The molecule has 0 saturated heterocycles. The van der Waals surface area contributed by atoms with Gasteiger partial charge in [0.05, 0.1) is 0 Å². The van der Waals surface area contributed by atoms with Crippen molar-refractivity contribution < 1.29 is 0 Å². The summed E-state index contributed by atoms with van der Waals surface area (Å²) in [5.41, 5.74) is 0. The molecule has 0 unspecified atom stereocenters. The average molecular weight is 129 g/mol. The van der Waals surface area contributed by atoms with Crippen LogP contribution in [0.5, 0.6) is 0 Å². The number of aromatic nitrogens is 4. The minimum absolute atomic E-state index is 0.451. The molecule has 0 fully saturated rings. The minimum atomic E-state index is 0.451. The van der Waals surface area contributed by atoms with Gasteiger partial charge in [0.15, 0.2) is 0 Å². The standard InChI is InChI=1S/C3H6N4S/c1-2-7-3(8)4-5-6-7/h2H2,1H3,(H,4,6,8)/p-1. The molecule has 0 aliphatic heterocycles. The highest BCUT2D eigenvalue weighted by molar-refractivity contribution is 7.58. The Bertz CT molecular complexity index is 172. The largest absolute Gasteiger partial charge is 0.739 e. The van der Waals surface area contributed by atoms with Gasteiger partial charge in [0.2, 0.25) is 0 Å². The second-order valence-corrected chi connectivity index (χ2v) is 1.64. The summed E-state index contributed by atoms with van der Waals surface area (Å²) >= 11 is 4.71. The molecule has 1 rings (SSSR count). The number of hydrogen-bond donors (Lipinski definition) is 0. The Balaban J connectivity index is 2.92. The number of aryl methyl sites for hydroxylation is 1. The van der Waals surface area contributed by atoms with E-state index in [-0.39, 0.29) is 0 Å². The second-order valence-electron chi connectivity index (χ2n) is 1.28. The maximum absolute atomic E-state index is 4.71. The fourth-order valence-corrected chi connectivity index (χ4v) is 0.597. The third-order valence-corrected chi connectivity index (χ3v) is 1.09. The van der Waals surface area contributed by atoms with Gasteiger partial charge in [-0.1, -0.05) is 0 Å². The topological polar surface area (TPSA) is 43.6 Å². The zero-order valence-electron chi connectivity index (χ0n) is 4.40. The van der Waals surface area contributed by atoms with Crippen LogP contribution >= 0.6 is 0 Å². The van der Waals surface area contributed by atoms with Gasteiger partial charge in [0.1, 0.15) is 0 Å². The molecule has 8 heavy (non-hydrogen) atoms. The molecule has 1 aromatic rings. The average Bonchev–Trinajstić information content (AvgIpc) is 2.14. The molecule has 0 aromatic carbocycles. The van der Waals surface area contributed by atoms with Gasteiger partial charge in [-0.3, -0.25) is 4.68 Å². The van der Waals surface area contributed by atoms with Crippen LogP contribution in [0.15, 0.2) is 5.16 Å². The normalized spacial score (nSPS) is 9.62. The summed E-state index contributed by atoms with van der Waals surface area (Å²) in [5, 5.41) is 10.9. The lowest BCUT2D eigenvalue weighted by atomic mass is 10.8. The highest BCUT2D eigenvalue weighted by atomic mass is 32.1. The summed E-state index contributed by atoms with van der Waals surface area (Å²) in [7, 11) is 0. The minimum Gasteiger partial charge on any atom is -0.739 e. The van der Waals surface area contributed by atoms with Crippen molar-refractivity contribution in [3.8, 4) is 0 Å². The van der Waals surface area contributed by atoms with E-state index in [9.17, 15) is 0 Å². The van der Waals surface area contributed by atoms with E-state index >= 15 is 0 Å². The van der Waals surface area contributed by atoms with Crippen LogP contribution in [0.2, 0.25) is 0 Å². The Kier molecular flexibility index (Phi) is 1.38. The summed E-state index contributed by atoms with van der Waals surface area (Å²) in [6, 6.07) is 0. The maximum Gasteiger partial charge on any atom is 0.0399 e. The quantitative estimate of drug-likeness (QED) is 0.484. The number of rotatable bonds is 1. The van der Waals surface area contributed by atoms with Crippen LogP contribution in [-0.2, 0) is 19.2 Å². The SMILES string of the molecule is CCn1nnnc1[S-]. The van der Waals surface area contributed by atoms with Crippen LogP contribution in [0.3, 0.4) is 0 Å². The summed E-state index contributed by atoms with van der Waals surface area (Å²) in [6.07, 6.45) is 0. The van der Waals surface area contributed by atoms with Gasteiger partial charge in [-0.25, -0.2) is 0 Å². The van der Waals surface area contributed by atoms with Crippen molar-refractivity contribution in [1.29, 1.82) is 0 Å². The third kappa shape index (κ3) is 0.764. The van der Waals surface area contributed by atoms with Gasteiger partial charge in [-0.15, -0.1) is 5.10 Å². The van der Waals surface area contributed by atoms with Crippen molar-refractivity contribution in [3.05, 3.63) is 0 Å². The van der Waals surface area contributed by atoms with E-state index in [4.69, 9.17) is 12.6 Å². The molecule has 0 N–H and O–H groups in total. The number of tetrazole rings is 1. The zero-order chi connectivity index (χ0) is 5.98. The second kappa shape index (κ2) is 2.04. The Hall–Kier alpha value is -0.710. The predicted octanol–water partition coefficient (Wildman–Crippen LogP) is -0.401. The third-order valence-electron chi connectivity index (χ3n) is 0.799. The highest BCUT2D eigenvalue weighted by Crippen LogP contribution is 1.85. The van der Waals surface area contributed by atoms with Gasteiger partial charge in [0, 0.05) is 11.7 Å². The molecule has 1 heterocycles. The summed E-state index contributed by atoms with van der Waals surface area (Å²) in [5.74, 6) is 0.